The number of carboxylic acid groups (broad SMARTS) is 1. The van der Waals surface area contributed by atoms with E-state index in [1.807, 2.05) is 0 Å². The molecule has 0 spiro atoms. The zero-order valence-corrected chi connectivity index (χ0v) is 7.07. The van der Waals surface area contributed by atoms with Crippen LogP contribution in [-0.2, 0) is 9.59 Å². The van der Waals surface area contributed by atoms with Crippen molar-refractivity contribution in [2.45, 2.75) is 13.8 Å². The fourth-order valence-corrected chi connectivity index (χ4v) is 0.536. The van der Waals surface area contributed by atoms with Crippen LogP contribution in [0.15, 0.2) is 24.6 Å². The van der Waals surface area contributed by atoms with Gasteiger partial charge in [0.15, 0.2) is 0 Å². The van der Waals surface area contributed by atoms with Gasteiger partial charge in [0.05, 0.1) is 5.57 Å². The summed E-state index contributed by atoms with van der Waals surface area (Å²) in [5, 5.41) is 8.47. The first-order chi connectivity index (χ1) is 5.49. The molecule has 0 radical (unpaired) electrons. The summed E-state index contributed by atoms with van der Waals surface area (Å²) in [6.45, 7) is 6.09. The maximum Gasteiger partial charge on any atom is 0.332 e. The zero-order chi connectivity index (χ0) is 9.72. The normalized spacial score (nSPS) is 10.7. The minimum absolute atomic E-state index is 0.0881. The van der Waals surface area contributed by atoms with E-state index in [-0.39, 0.29) is 11.5 Å². The largest absolute Gasteiger partial charge is 0.478 e. The van der Waals surface area contributed by atoms with E-state index in [2.05, 4.69) is 6.58 Å². The summed E-state index contributed by atoms with van der Waals surface area (Å²) in [6, 6.07) is 0. The minimum atomic E-state index is -1.05. The topological polar surface area (TPSA) is 57.6 Å². The number of hydrogen-bond acceptors (Lipinski definition) is 2. The summed E-state index contributed by atoms with van der Waals surface area (Å²) in [7, 11) is 0. The highest BCUT2D eigenvalue weighted by molar-refractivity contribution is 5.87. The van der Waals surface area contributed by atoms with Gasteiger partial charge in [0.25, 0.3) is 0 Å². The first-order valence-electron chi connectivity index (χ1n) is 3.32. The van der Waals surface area contributed by atoms with Crippen molar-refractivity contribution < 1.29 is 14.7 Å². The number of hydrogen-bond donors (Lipinski definition) is 1. The average Bonchev–Trinajstić information content (AvgIpc) is 1.98. The van der Waals surface area contributed by atoms with Crippen LogP contribution in [0.4, 0.5) is 0 Å². The van der Waals surface area contributed by atoms with E-state index in [1.54, 1.807) is 0 Å². The highest BCUT2D eigenvalue weighted by atomic mass is 16.4. The summed E-state index contributed by atoms with van der Waals surface area (Å²) < 4.78 is 0. The van der Waals surface area contributed by atoms with Gasteiger partial charge in [-0.15, -0.1) is 0 Å². The van der Waals surface area contributed by atoms with Crippen molar-refractivity contribution in [1.82, 2.24) is 4.90 Å². The summed E-state index contributed by atoms with van der Waals surface area (Å²) in [5.74, 6) is -1.33. The van der Waals surface area contributed by atoms with Gasteiger partial charge in [0.1, 0.15) is 0 Å². The van der Waals surface area contributed by atoms with Gasteiger partial charge in [-0.1, -0.05) is 6.58 Å². The Bertz CT molecular complexity index is 243. The molecule has 0 bridgehead atoms. The van der Waals surface area contributed by atoms with Gasteiger partial charge in [0.2, 0.25) is 5.91 Å². The highest BCUT2D eigenvalue weighted by Gasteiger charge is 2.04. The Hall–Kier alpha value is -1.58. The van der Waals surface area contributed by atoms with Crippen molar-refractivity contribution in [3.8, 4) is 0 Å². The van der Waals surface area contributed by atoms with E-state index in [4.69, 9.17) is 5.11 Å². The maximum absolute atomic E-state index is 10.8. The number of carbonyl (C=O) groups excluding carboxylic acids is 1. The molecule has 66 valence electrons. The van der Waals surface area contributed by atoms with Gasteiger partial charge in [-0.3, -0.25) is 9.69 Å². The molecule has 0 aliphatic carbocycles. The molecule has 12 heavy (non-hydrogen) atoms. The third-order valence-electron chi connectivity index (χ3n) is 1.23. The Morgan fingerprint density at radius 3 is 2.17 bits per heavy atom. The molecule has 0 aromatic rings. The number of nitrogens with zero attached hydrogens (tertiary/aromatic N) is 1. The van der Waals surface area contributed by atoms with Crippen molar-refractivity contribution in [2.75, 3.05) is 0 Å². The molecule has 4 heteroatoms. The first-order valence-corrected chi connectivity index (χ1v) is 3.32. The van der Waals surface area contributed by atoms with Gasteiger partial charge < -0.3 is 5.11 Å². The second-order valence-electron chi connectivity index (χ2n) is 2.23. The average molecular weight is 169 g/mol. The Labute approximate surface area is 70.8 Å². The molecule has 0 aromatic carbocycles. The second kappa shape index (κ2) is 4.33. The first kappa shape index (κ1) is 10.4. The number of amides is 1. The molecular weight excluding hydrogens is 158 g/mol. The predicted molar refractivity (Wildman–Crippen MR) is 44.1 cm³/mol. The lowest BCUT2D eigenvalue weighted by atomic mass is 10.3. The van der Waals surface area contributed by atoms with Crippen LogP contribution in [0.5, 0.6) is 0 Å². The Morgan fingerprint density at radius 1 is 1.42 bits per heavy atom. The highest BCUT2D eigenvalue weighted by Crippen LogP contribution is 1.98. The molecule has 0 rings (SSSR count). The molecule has 0 aliphatic rings. The van der Waals surface area contributed by atoms with E-state index >= 15 is 0 Å². The van der Waals surface area contributed by atoms with Crippen molar-refractivity contribution in [2.24, 2.45) is 0 Å². The van der Waals surface area contributed by atoms with Gasteiger partial charge in [-0.2, -0.15) is 0 Å². The Balaban J connectivity index is 4.57. The molecule has 0 saturated heterocycles. The van der Waals surface area contributed by atoms with Crippen LogP contribution in [0.2, 0.25) is 0 Å². The van der Waals surface area contributed by atoms with Crippen molar-refractivity contribution >= 4 is 11.9 Å². The second-order valence-corrected chi connectivity index (χ2v) is 2.23. The van der Waals surface area contributed by atoms with Crippen molar-refractivity contribution in [1.29, 1.82) is 0 Å². The summed E-state index contributed by atoms with van der Waals surface area (Å²) in [5.41, 5.74) is 0.0881. The third-order valence-corrected chi connectivity index (χ3v) is 1.23. The van der Waals surface area contributed by atoms with Crippen molar-refractivity contribution in [3.63, 3.8) is 0 Å². The molecule has 0 saturated carbocycles. The van der Waals surface area contributed by atoms with Crippen LogP contribution in [0.1, 0.15) is 13.8 Å². The lowest BCUT2D eigenvalue weighted by Gasteiger charge is -2.09. The number of aliphatic carboxylic acids is 1. The predicted octanol–water partition coefficient (Wildman–Crippen LogP) is 0.967. The lowest BCUT2D eigenvalue weighted by molar-refractivity contribution is -0.132. The van der Waals surface area contributed by atoms with Gasteiger partial charge in [-0.05, 0) is 6.92 Å². The zero-order valence-electron chi connectivity index (χ0n) is 7.07. The van der Waals surface area contributed by atoms with E-state index in [0.29, 0.717) is 0 Å². The smallest absolute Gasteiger partial charge is 0.332 e. The van der Waals surface area contributed by atoms with Crippen LogP contribution in [0, 0.1) is 0 Å². The Kier molecular flexibility index (Phi) is 3.76. The molecule has 4 nitrogen and oxygen atoms in total. The van der Waals surface area contributed by atoms with Crippen LogP contribution < -0.4 is 0 Å². The summed E-state index contributed by atoms with van der Waals surface area (Å²) in [4.78, 5) is 22.2. The maximum atomic E-state index is 10.8. The van der Waals surface area contributed by atoms with Crippen LogP contribution in [-0.4, -0.2) is 21.9 Å². The minimum Gasteiger partial charge on any atom is -0.478 e. The molecule has 0 heterocycles. The molecule has 0 fully saturated rings. The van der Waals surface area contributed by atoms with E-state index in [9.17, 15) is 9.59 Å². The summed E-state index contributed by atoms with van der Waals surface area (Å²) >= 11 is 0. The standard InChI is InChI=1S/C8H11NO3/c1-4-9(7(3)10)5-6(2)8(11)12/h4-5H,1H2,2-3H3,(H,11,12)/b6-5+. The van der Waals surface area contributed by atoms with E-state index < -0.39 is 5.97 Å². The van der Waals surface area contributed by atoms with Crippen molar-refractivity contribution in [3.05, 3.63) is 24.6 Å². The van der Waals surface area contributed by atoms with E-state index in [0.717, 1.165) is 4.90 Å². The Morgan fingerprint density at radius 2 is 1.92 bits per heavy atom. The monoisotopic (exact) mass is 169 g/mol. The number of carbonyl (C=O) groups is 2. The van der Waals surface area contributed by atoms with Crippen LogP contribution >= 0.6 is 0 Å². The fourth-order valence-electron chi connectivity index (χ4n) is 0.536. The number of carboxylic acids is 1. The number of rotatable bonds is 3. The van der Waals surface area contributed by atoms with Crippen LogP contribution in [0.3, 0.4) is 0 Å². The fraction of sp³-hybridized carbons (Fsp3) is 0.250. The van der Waals surface area contributed by atoms with Gasteiger partial charge >= 0.3 is 5.97 Å². The lowest BCUT2D eigenvalue weighted by Crippen LogP contribution is -2.17. The molecule has 1 N–H and O–H groups in total. The molecule has 1 amide bonds. The van der Waals surface area contributed by atoms with Crippen LogP contribution in [0.25, 0.3) is 0 Å². The molecule has 0 aliphatic heterocycles. The molecule has 0 unspecified atom stereocenters. The van der Waals surface area contributed by atoms with Gasteiger partial charge in [-0.25, -0.2) is 4.79 Å². The van der Waals surface area contributed by atoms with Gasteiger partial charge in [0, 0.05) is 19.3 Å². The third kappa shape index (κ3) is 3.01. The quantitative estimate of drug-likeness (QED) is 0.640. The molecular formula is C8H11NO3. The van der Waals surface area contributed by atoms with E-state index in [1.165, 1.54) is 26.2 Å². The molecule has 0 atom stereocenters. The molecule has 0 aromatic heterocycles. The summed E-state index contributed by atoms with van der Waals surface area (Å²) in [6.07, 6.45) is 2.48. The SMILES string of the molecule is C=CN(/C=C(\C)C(=O)O)C(C)=O.